The van der Waals surface area contributed by atoms with Gasteiger partial charge in [-0.3, -0.25) is 0 Å². The Morgan fingerprint density at radius 3 is 2.85 bits per heavy atom. The van der Waals surface area contributed by atoms with E-state index in [0.29, 0.717) is 0 Å². The molecule has 1 aromatic rings. The van der Waals surface area contributed by atoms with Gasteiger partial charge in [-0.2, -0.15) is 0 Å². The van der Waals surface area contributed by atoms with Crippen LogP contribution in [0.2, 0.25) is 0 Å². The Kier molecular flexibility index (Phi) is 6.09. The third kappa shape index (κ3) is 5.28. The van der Waals surface area contributed by atoms with Crippen LogP contribution in [0.3, 0.4) is 0 Å². The average Bonchev–Trinajstić information content (AvgIpc) is 2.38. The van der Waals surface area contributed by atoms with Crippen molar-refractivity contribution < 1.29 is 0 Å². The van der Waals surface area contributed by atoms with E-state index in [-0.39, 0.29) is 0 Å². The molecule has 0 aromatic heterocycles. The Labute approximate surface area is 125 Å². The summed E-state index contributed by atoms with van der Waals surface area (Å²) in [4.78, 5) is 0. The van der Waals surface area contributed by atoms with Crippen molar-refractivity contribution in [1.29, 1.82) is 0 Å². The van der Waals surface area contributed by atoms with Crippen LogP contribution in [0.25, 0.3) is 0 Å². The third-order valence-corrected chi connectivity index (χ3v) is 4.52. The molecule has 20 heavy (non-hydrogen) atoms. The zero-order valence-electron chi connectivity index (χ0n) is 13.5. The topological polar surface area (TPSA) is 12.0 Å². The Morgan fingerprint density at radius 2 is 2.10 bits per heavy atom. The van der Waals surface area contributed by atoms with Gasteiger partial charge >= 0.3 is 0 Å². The summed E-state index contributed by atoms with van der Waals surface area (Å²) in [6.45, 7) is 8.01. The normalized spacial score (nSPS) is 23.2. The largest absolute Gasteiger partial charge is 0.314 e. The molecule has 0 heterocycles. The first-order valence-electron chi connectivity index (χ1n) is 8.42. The summed E-state index contributed by atoms with van der Waals surface area (Å²) in [5, 5.41) is 3.79. The standard InChI is InChI=1S/C19H31N/c1-15(2)12-18-8-5-9-19(14-18)20-11-10-17-7-4-6-16(3)13-17/h4,6-7,13,15,18-20H,5,8-12,14H2,1-3H3. The molecular weight excluding hydrogens is 242 g/mol. The number of hydrogen-bond acceptors (Lipinski definition) is 1. The van der Waals surface area contributed by atoms with Crippen LogP contribution in [0.15, 0.2) is 24.3 Å². The van der Waals surface area contributed by atoms with Crippen molar-refractivity contribution in [2.45, 2.75) is 65.3 Å². The molecule has 0 radical (unpaired) electrons. The molecular formula is C19H31N. The number of aryl methyl sites for hydroxylation is 1. The van der Waals surface area contributed by atoms with E-state index in [1.807, 2.05) is 0 Å². The van der Waals surface area contributed by atoms with Gasteiger partial charge in [0, 0.05) is 6.04 Å². The van der Waals surface area contributed by atoms with Crippen molar-refractivity contribution >= 4 is 0 Å². The minimum absolute atomic E-state index is 0.761. The van der Waals surface area contributed by atoms with E-state index in [1.165, 1.54) is 43.2 Å². The molecule has 1 fully saturated rings. The van der Waals surface area contributed by atoms with E-state index in [2.05, 4.69) is 50.4 Å². The average molecular weight is 273 g/mol. The molecule has 1 heteroatoms. The summed E-state index contributed by atoms with van der Waals surface area (Å²) in [5.41, 5.74) is 2.84. The summed E-state index contributed by atoms with van der Waals surface area (Å²) >= 11 is 0. The van der Waals surface area contributed by atoms with Crippen molar-refractivity contribution in [3.63, 3.8) is 0 Å². The molecule has 0 spiro atoms. The third-order valence-electron chi connectivity index (χ3n) is 4.52. The van der Waals surface area contributed by atoms with Crippen LogP contribution in [0.5, 0.6) is 0 Å². The smallest absolute Gasteiger partial charge is 0.00698 e. The maximum Gasteiger partial charge on any atom is 0.00698 e. The molecule has 2 rings (SSSR count). The van der Waals surface area contributed by atoms with Gasteiger partial charge in [-0.1, -0.05) is 56.5 Å². The highest BCUT2D eigenvalue weighted by molar-refractivity contribution is 5.22. The minimum Gasteiger partial charge on any atom is -0.314 e. The van der Waals surface area contributed by atoms with E-state index in [0.717, 1.165) is 30.8 Å². The zero-order valence-corrected chi connectivity index (χ0v) is 13.5. The van der Waals surface area contributed by atoms with Crippen LogP contribution in [0.4, 0.5) is 0 Å². The first-order valence-corrected chi connectivity index (χ1v) is 8.42. The van der Waals surface area contributed by atoms with E-state index in [9.17, 15) is 0 Å². The van der Waals surface area contributed by atoms with E-state index in [1.54, 1.807) is 0 Å². The fraction of sp³-hybridized carbons (Fsp3) is 0.684. The van der Waals surface area contributed by atoms with Gasteiger partial charge in [0.1, 0.15) is 0 Å². The summed E-state index contributed by atoms with van der Waals surface area (Å²) in [6.07, 6.45) is 8.21. The van der Waals surface area contributed by atoms with Gasteiger partial charge in [0.2, 0.25) is 0 Å². The molecule has 1 N–H and O–H groups in total. The van der Waals surface area contributed by atoms with Gasteiger partial charge < -0.3 is 5.32 Å². The van der Waals surface area contributed by atoms with E-state index >= 15 is 0 Å². The molecule has 112 valence electrons. The van der Waals surface area contributed by atoms with Crippen molar-refractivity contribution in [2.75, 3.05) is 6.54 Å². The number of benzene rings is 1. The Balaban J connectivity index is 1.71. The van der Waals surface area contributed by atoms with Gasteiger partial charge in [-0.25, -0.2) is 0 Å². The molecule has 0 amide bonds. The lowest BCUT2D eigenvalue weighted by Crippen LogP contribution is -2.35. The van der Waals surface area contributed by atoms with Gasteiger partial charge in [-0.05, 0) is 56.6 Å². The predicted molar refractivity (Wildman–Crippen MR) is 88.1 cm³/mol. The summed E-state index contributed by atoms with van der Waals surface area (Å²) < 4.78 is 0. The van der Waals surface area contributed by atoms with Crippen molar-refractivity contribution in [3.8, 4) is 0 Å². The molecule has 2 atom stereocenters. The summed E-state index contributed by atoms with van der Waals surface area (Å²) in [6, 6.07) is 9.66. The zero-order chi connectivity index (χ0) is 14.4. The molecule has 2 unspecified atom stereocenters. The van der Waals surface area contributed by atoms with Crippen LogP contribution >= 0.6 is 0 Å². The lowest BCUT2D eigenvalue weighted by molar-refractivity contribution is 0.253. The van der Waals surface area contributed by atoms with Gasteiger partial charge in [0.25, 0.3) is 0 Å². The molecule has 0 aliphatic heterocycles. The van der Waals surface area contributed by atoms with Gasteiger partial charge in [0.05, 0.1) is 0 Å². The molecule has 1 aliphatic rings. The maximum absolute atomic E-state index is 3.79. The molecule has 0 bridgehead atoms. The van der Waals surface area contributed by atoms with Gasteiger partial charge in [-0.15, -0.1) is 0 Å². The van der Waals surface area contributed by atoms with Crippen LogP contribution < -0.4 is 5.32 Å². The molecule has 1 nitrogen and oxygen atoms in total. The second-order valence-corrected chi connectivity index (χ2v) is 7.05. The van der Waals surface area contributed by atoms with E-state index in [4.69, 9.17) is 0 Å². The van der Waals surface area contributed by atoms with Crippen molar-refractivity contribution in [2.24, 2.45) is 11.8 Å². The number of hydrogen-bond donors (Lipinski definition) is 1. The molecule has 0 saturated heterocycles. The van der Waals surface area contributed by atoms with Crippen LogP contribution in [-0.2, 0) is 6.42 Å². The molecule has 1 aromatic carbocycles. The first-order chi connectivity index (χ1) is 9.63. The Hall–Kier alpha value is -0.820. The lowest BCUT2D eigenvalue weighted by atomic mass is 9.81. The monoisotopic (exact) mass is 273 g/mol. The summed E-state index contributed by atoms with van der Waals surface area (Å²) in [5.74, 6) is 1.81. The minimum atomic E-state index is 0.761. The Morgan fingerprint density at radius 1 is 1.25 bits per heavy atom. The van der Waals surface area contributed by atoms with Crippen LogP contribution in [-0.4, -0.2) is 12.6 Å². The highest BCUT2D eigenvalue weighted by atomic mass is 14.9. The quantitative estimate of drug-likeness (QED) is 0.790. The van der Waals surface area contributed by atoms with Crippen molar-refractivity contribution in [1.82, 2.24) is 5.32 Å². The lowest BCUT2D eigenvalue weighted by Gasteiger charge is -2.31. The van der Waals surface area contributed by atoms with Gasteiger partial charge in [0.15, 0.2) is 0 Å². The fourth-order valence-electron chi connectivity index (χ4n) is 3.65. The second-order valence-electron chi connectivity index (χ2n) is 7.05. The number of nitrogens with one attached hydrogen (secondary N) is 1. The van der Waals surface area contributed by atoms with E-state index < -0.39 is 0 Å². The SMILES string of the molecule is Cc1cccc(CCNC2CCCC(CC(C)C)C2)c1. The first kappa shape index (κ1) is 15.6. The van der Waals surface area contributed by atoms with Crippen LogP contribution in [0.1, 0.15) is 57.1 Å². The number of rotatable bonds is 6. The fourth-order valence-corrected chi connectivity index (χ4v) is 3.65. The van der Waals surface area contributed by atoms with Crippen LogP contribution in [0, 0.1) is 18.8 Å². The molecule has 1 saturated carbocycles. The highest BCUT2D eigenvalue weighted by Gasteiger charge is 2.21. The molecule has 1 aliphatic carbocycles. The Bertz CT molecular complexity index is 397. The van der Waals surface area contributed by atoms with Crippen molar-refractivity contribution in [3.05, 3.63) is 35.4 Å². The highest BCUT2D eigenvalue weighted by Crippen LogP contribution is 2.29. The maximum atomic E-state index is 3.79. The predicted octanol–water partition coefficient (Wildman–Crippen LogP) is 4.73. The summed E-state index contributed by atoms with van der Waals surface area (Å²) in [7, 11) is 0. The second kappa shape index (κ2) is 7.83.